The van der Waals surface area contributed by atoms with Crippen molar-refractivity contribution < 1.29 is 43.9 Å². The van der Waals surface area contributed by atoms with Gasteiger partial charge in [-0.15, -0.1) is 0 Å². The summed E-state index contributed by atoms with van der Waals surface area (Å²) in [4.78, 5) is 0. The molecule has 0 N–H and O–H groups in total. The molecule has 0 unspecified atom stereocenters. The highest BCUT2D eigenvalue weighted by Crippen LogP contribution is 2.53. The van der Waals surface area contributed by atoms with Crippen LogP contribution in [0.1, 0.15) is 6.42 Å². The van der Waals surface area contributed by atoms with Gasteiger partial charge in [0.2, 0.25) is 0 Å². The van der Waals surface area contributed by atoms with Gasteiger partial charge in [-0.2, -0.15) is 39.5 Å². The zero-order chi connectivity index (χ0) is 13.4. The maximum Gasteiger partial charge on any atom is 0.460 e. The zero-order valence-corrected chi connectivity index (χ0v) is 7.19. The van der Waals surface area contributed by atoms with Crippen LogP contribution in [0.5, 0.6) is 0 Å². The lowest BCUT2D eigenvalue weighted by Gasteiger charge is -2.33. The molecule has 0 aromatic rings. The Bertz CT molecular complexity index is 238. The Hall–Kier alpha value is -0.700. The molecular weight excluding hydrogens is 262 g/mol. The molecule has 0 radical (unpaired) electrons. The lowest BCUT2D eigenvalue weighted by atomic mass is 10.0. The second-order valence-corrected chi connectivity index (χ2v) is 2.79. The van der Waals surface area contributed by atoms with Crippen LogP contribution in [0.3, 0.4) is 0 Å². The summed E-state index contributed by atoms with van der Waals surface area (Å²) in [6, 6.07) is 0. The predicted octanol–water partition coefficient (Wildman–Crippen LogP) is 3.81. The van der Waals surface area contributed by atoms with Crippen LogP contribution in [0.15, 0.2) is 0 Å². The molecule has 0 rings (SSSR count). The minimum absolute atomic E-state index is 2.16. The van der Waals surface area contributed by atoms with Crippen molar-refractivity contribution in [1.82, 2.24) is 0 Å². The Morgan fingerprint density at radius 1 is 0.625 bits per heavy atom. The first kappa shape index (κ1) is 15.3. The smallest absolute Gasteiger partial charge is 0.251 e. The third-order valence-corrected chi connectivity index (χ3v) is 1.62. The van der Waals surface area contributed by atoms with Crippen LogP contribution in [-0.4, -0.2) is 30.6 Å². The molecule has 0 aliphatic carbocycles. The number of rotatable bonds is 4. The average Bonchev–Trinajstić information content (AvgIpc) is 2.01. The highest BCUT2D eigenvalue weighted by atomic mass is 19.4. The Morgan fingerprint density at radius 3 is 1.25 bits per heavy atom. The molecule has 0 nitrogen and oxygen atoms in total. The van der Waals surface area contributed by atoms with Gasteiger partial charge in [-0.3, -0.25) is 4.39 Å². The largest absolute Gasteiger partial charge is 0.460 e. The van der Waals surface area contributed by atoms with Gasteiger partial charge in [0, 0.05) is 6.42 Å². The fraction of sp³-hybridized carbons (Fsp3) is 1.00. The van der Waals surface area contributed by atoms with Crippen LogP contribution in [0, 0.1) is 0 Å². The summed E-state index contributed by atoms with van der Waals surface area (Å²) >= 11 is 0. The second kappa shape index (κ2) is 3.95. The van der Waals surface area contributed by atoms with E-state index in [0.717, 1.165) is 0 Å². The van der Waals surface area contributed by atoms with E-state index < -0.39 is 37.0 Å². The van der Waals surface area contributed by atoms with Gasteiger partial charge >= 0.3 is 23.9 Å². The standard InChI is InChI=1S/C6H4F10/c7-2-1-3(8,9)4(10,11)5(12,13)6(14,15)16/h1-2H2. The Morgan fingerprint density at radius 2 is 1.00 bits per heavy atom. The van der Waals surface area contributed by atoms with Crippen molar-refractivity contribution >= 4 is 0 Å². The van der Waals surface area contributed by atoms with Gasteiger partial charge in [0.25, 0.3) is 0 Å². The Balaban J connectivity index is 5.34. The maximum atomic E-state index is 12.3. The zero-order valence-electron chi connectivity index (χ0n) is 7.19. The van der Waals surface area contributed by atoms with E-state index in [1.165, 1.54) is 0 Å². The van der Waals surface area contributed by atoms with Crippen LogP contribution in [0.2, 0.25) is 0 Å². The molecule has 0 aromatic heterocycles. The summed E-state index contributed by atoms with van der Waals surface area (Å²) in [5, 5.41) is 0. The summed E-state index contributed by atoms with van der Waals surface area (Å²) in [7, 11) is 0. The van der Waals surface area contributed by atoms with Gasteiger partial charge < -0.3 is 0 Å². The first-order valence-electron chi connectivity index (χ1n) is 3.57. The summed E-state index contributed by atoms with van der Waals surface area (Å²) in [5.74, 6) is -19.4. The van der Waals surface area contributed by atoms with E-state index in [9.17, 15) is 43.9 Å². The molecule has 0 aromatic carbocycles. The van der Waals surface area contributed by atoms with E-state index in [1.54, 1.807) is 0 Å². The molecule has 0 saturated carbocycles. The van der Waals surface area contributed by atoms with Gasteiger partial charge in [0.15, 0.2) is 0 Å². The quantitative estimate of drug-likeness (QED) is 0.678. The van der Waals surface area contributed by atoms with Crippen LogP contribution >= 0.6 is 0 Å². The van der Waals surface area contributed by atoms with E-state index in [4.69, 9.17) is 0 Å². The van der Waals surface area contributed by atoms with Crippen LogP contribution in [-0.2, 0) is 0 Å². The minimum Gasteiger partial charge on any atom is -0.251 e. The molecule has 0 amide bonds. The summed E-state index contributed by atoms with van der Waals surface area (Å²) < 4.78 is 119. The van der Waals surface area contributed by atoms with E-state index >= 15 is 0 Å². The SMILES string of the molecule is FCCC(F)(F)C(F)(F)C(F)(F)C(F)(F)F. The van der Waals surface area contributed by atoms with Crippen molar-refractivity contribution in [2.24, 2.45) is 0 Å². The fourth-order valence-electron chi connectivity index (χ4n) is 0.683. The van der Waals surface area contributed by atoms with Crippen molar-refractivity contribution in [2.75, 3.05) is 6.67 Å². The highest BCUT2D eigenvalue weighted by Gasteiger charge is 2.81. The molecule has 0 fully saturated rings. The number of hydrogen-bond donors (Lipinski definition) is 0. The van der Waals surface area contributed by atoms with Crippen LogP contribution in [0.4, 0.5) is 43.9 Å². The maximum absolute atomic E-state index is 12.3. The van der Waals surface area contributed by atoms with Crippen LogP contribution in [0.25, 0.3) is 0 Å². The minimum atomic E-state index is -6.93. The lowest BCUT2D eigenvalue weighted by molar-refractivity contribution is -0.396. The summed E-state index contributed by atoms with van der Waals surface area (Å²) in [5.41, 5.74) is 0. The van der Waals surface area contributed by atoms with Gasteiger partial charge in [-0.1, -0.05) is 0 Å². The van der Waals surface area contributed by atoms with Crippen LogP contribution < -0.4 is 0 Å². The Kier molecular flexibility index (Phi) is 3.78. The normalized spacial score (nSPS) is 15.4. The van der Waals surface area contributed by atoms with E-state index in [0.29, 0.717) is 0 Å². The molecule has 0 aliphatic rings. The topological polar surface area (TPSA) is 0 Å². The van der Waals surface area contributed by atoms with E-state index in [-0.39, 0.29) is 0 Å². The monoisotopic (exact) mass is 266 g/mol. The molecular formula is C6H4F10. The molecule has 0 bridgehead atoms. The van der Waals surface area contributed by atoms with E-state index in [1.807, 2.05) is 0 Å². The van der Waals surface area contributed by atoms with E-state index in [2.05, 4.69) is 0 Å². The molecule has 0 heterocycles. The van der Waals surface area contributed by atoms with Gasteiger partial charge in [-0.05, 0) is 0 Å². The molecule has 0 spiro atoms. The molecule has 0 aliphatic heterocycles. The summed E-state index contributed by atoms with van der Waals surface area (Å²) in [6.07, 6.45) is -9.28. The van der Waals surface area contributed by atoms with Crippen molar-refractivity contribution in [1.29, 1.82) is 0 Å². The number of halogens is 10. The highest BCUT2D eigenvalue weighted by molar-refractivity contribution is 5.00. The molecule has 0 saturated heterocycles. The van der Waals surface area contributed by atoms with Gasteiger partial charge in [0.05, 0.1) is 6.67 Å². The molecule has 98 valence electrons. The average molecular weight is 266 g/mol. The van der Waals surface area contributed by atoms with Crippen molar-refractivity contribution in [3.05, 3.63) is 0 Å². The van der Waals surface area contributed by atoms with Crippen molar-refractivity contribution in [3.63, 3.8) is 0 Å². The van der Waals surface area contributed by atoms with Gasteiger partial charge in [0.1, 0.15) is 0 Å². The number of alkyl halides is 10. The third kappa shape index (κ3) is 2.19. The first-order chi connectivity index (χ1) is 6.81. The molecule has 16 heavy (non-hydrogen) atoms. The van der Waals surface area contributed by atoms with Crippen molar-refractivity contribution in [2.45, 2.75) is 30.4 Å². The summed E-state index contributed by atoms with van der Waals surface area (Å²) in [6.45, 7) is -2.16. The molecule has 10 heteroatoms. The first-order valence-corrected chi connectivity index (χ1v) is 3.57. The van der Waals surface area contributed by atoms with Crippen molar-refractivity contribution in [3.8, 4) is 0 Å². The van der Waals surface area contributed by atoms with Gasteiger partial charge in [-0.25, -0.2) is 0 Å². The number of hydrogen-bond acceptors (Lipinski definition) is 0. The second-order valence-electron chi connectivity index (χ2n) is 2.79. The Labute approximate surface area is 82.2 Å². The third-order valence-electron chi connectivity index (χ3n) is 1.62. The molecule has 0 atom stereocenters. The lowest BCUT2D eigenvalue weighted by Crippen LogP contribution is -2.60. The predicted molar refractivity (Wildman–Crippen MR) is 31.5 cm³/mol. The fourth-order valence-corrected chi connectivity index (χ4v) is 0.683.